The van der Waals surface area contributed by atoms with Crippen LogP contribution in [0.2, 0.25) is 0 Å². The summed E-state index contributed by atoms with van der Waals surface area (Å²) >= 11 is 0. The first kappa shape index (κ1) is 19.4. The molecule has 6 nitrogen and oxygen atoms in total. The Morgan fingerprint density at radius 1 is 1.22 bits per heavy atom. The van der Waals surface area contributed by atoms with Crippen molar-refractivity contribution in [1.82, 2.24) is 19.2 Å². The molecule has 27 heavy (non-hydrogen) atoms. The van der Waals surface area contributed by atoms with Gasteiger partial charge in [-0.2, -0.15) is 5.10 Å². The molecule has 0 N–H and O–H groups in total. The van der Waals surface area contributed by atoms with E-state index >= 15 is 0 Å². The third-order valence-corrected chi connectivity index (χ3v) is 5.69. The van der Waals surface area contributed by atoms with Crippen molar-refractivity contribution >= 4 is 5.91 Å². The van der Waals surface area contributed by atoms with Gasteiger partial charge in [-0.05, 0) is 37.2 Å². The number of hydrogen-bond acceptors (Lipinski definition) is 3. The van der Waals surface area contributed by atoms with E-state index in [1.165, 1.54) is 10.2 Å². The second kappa shape index (κ2) is 8.55. The van der Waals surface area contributed by atoms with Crippen LogP contribution in [0, 0.1) is 5.92 Å². The highest BCUT2D eigenvalue weighted by Gasteiger charge is 2.25. The summed E-state index contributed by atoms with van der Waals surface area (Å²) in [5, 5.41) is 4.39. The molecule has 0 saturated carbocycles. The number of benzene rings is 1. The summed E-state index contributed by atoms with van der Waals surface area (Å²) < 4.78 is 3.17. The minimum atomic E-state index is -0.0463. The quantitative estimate of drug-likeness (QED) is 0.785. The predicted molar refractivity (Wildman–Crippen MR) is 106 cm³/mol. The molecule has 0 spiro atoms. The van der Waals surface area contributed by atoms with Gasteiger partial charge >= 0.3 is 5.69 Å². The molecule has 2 heterocycles. The fraction of sp³-hybridized carbons (Fsp3) is 0.571. The van der Waals surface area contributed by atoms with Gasteiger partial charge in [-0.1, -0.05) is 37.3 Å². The molecule has 2 aromatic rings. The van der Waals surface area contributed by atoms with Gasteiger partial charge in [0.1, 0.15) is 5.82 Å². The zero-order valence-corrected chi connectivity index (χ0v) is 16.6. The molecule has 1 amide bonds. The van der Waals surface area contributed by atoms with Gasteiger partial charge in [0.2, 0.25) is 5.91 Å². The average Bonchev–Trinajstić information content (AvgIpc) is 2.95. The van der Waals surface area contributed by atoms with Crippen LogP contribution < -0.4 is 5.69 Å². The molecule has 1 fully saturated rings. The summed E-state index contributed by atoms with van der Waals surface area (Å²) in [5.74, 6) is 1.83. The smallest absolute Gasteiger partial charge is 0.343 e. The molecular formula is C21H30N4O2. The van der Waals surface area contributed by atoms with Crippen molar-refractivity contribution in [2.24, 2.45) is 13.0 Å². The van der Waals surface area contributed by atoms with Crippen molar-refractivity contribution in [3.63, 3.8) is 0 Å². The van der Waals surface area contributed by atoms with Crippen molar-refractivity contribution in [2.75, 3.05) is 13.1 Å². The first-order chi connectivity index (χ1) is 13.0. The van der Waals surface area contributed by atoms with E-state index in [0.717, 1.165) is 38.2 Å². The standard InChI is InChI=1S/C21H30N4O2/c1-4-25-19(22-23(3)21(25)27)15-17-10-12-24(13-11-17)20(26)14-16(2)18-8-6-5-7-9-18/h5-9,16-17H,4,10-15H2,1-3H3/t16-/m1/s1. The first-order valence-corrected chi connectivity index (χ1v) is 9.95. The number of piperidine rings is 1. The van der Waals surface area contributed by atoms with Crippen LogP contribution in [0.15, 0.2) is 35.1 Å². The van der Waals surface area contributed by atoms with E-state index in [-0.39, 0.29) is 17.5 Å². The van der Waals surface area contributed by atoms with Crippen LogP contribution in [-0.4, -0.2) is 38.2 Å². The monoisotopic (exact) mass is 370 g/mol. The number of carbonyl (C=O) groups excluding carboxylic acids is 1. The van der Waals surface area contributed by atoms with Gasteiger partial charge in [-0.15, -0.1) is 0 Å². The number of nitrogens with zero attached hydrogens (tertiary/aromatic N) is 4. The van der Waals surface area contributed by atoms with E-state index in [2.05, 4.69) is 24.2 Å². The van der Waals surface area contributed by atoms with Crippen LogP contribution in [-0.2, 0) is 24.8 Å². The molecular weight excluding hydrogens is 340 g/mol. The molecule has 0 bridgehead atoms. The van der Waals surface area contributed by atoms with Crippen LogP contribution in [0.4, 0.5) is 0 Å². The minimum Gasteiger partial charge on any atom is -0.343 e. The highest BCUT2D eigenvalue weighted by atomic mass is 16.2. The number of hydrogen-bond donors (Lipinski definition) is 0. The Labute approximate surface area is 160 Å². The van der Waals surface area contributed by atoms with E-state index in [4.69, 9.17) is 0 Å². The van der Waals surface area contributed by atoms with E-state index in [1.54, 1.807) is 11.6 Å². The summed E-state index contributed by atoms with van der Waals surface area (Å²) in [5.41, 5.74) is 1.17. The van der Waals surface area contributed by atoms with Gasteiger partial charge in [0.25, 0.3) is 0 Å². The van der Waals surface area contributed by atoms with Gasteiger partial charge in [0, 0.05) is 39.5 Å². The van der Waals surface area contributed by atoms with Crippen molar-refractivity contribution in [1.29, 1.82) is 0 Å². The Balaban J connectivity index is 1.52. The molecule has 0 radical (unpaired) electrons. The lowest BCUT2D eigenvalue weighted by Crippen LogP contribution is -2.39. The highest BCUT2D eigenvalue weighted by molar-refractivity contribution is 5.77. The van der Waals surface area contributed by atoms with E-state index in [0.29, 0.717) is 18.9 Å². The van der Waals surface area contributed by atoms with Gasteiger partial charge in [0.15, 0.2) is 0 Å². The molecule has 1 aromatic heterocycles. The molecule has 1 aromatic carbocycles. The number of aromatic nitrogens is 3. The van der Waals surface area contributed by atoms with Crippen molar-refractivity contribution in [3.05, 3.63) is 52.2 Å². The molecule has 1 aliphatic rings. The number of likely N-dealkylation sites (tertiary alicyclic amines) is 1. The molecule has 0 unspecified atom stereocenters. The van der Waals surface area contributed by atoms with Crippen LogP contribution in [0.1, 0.15) is 50.4 Å². The number of rotatable bonds is 6. The van der Waals surface area contributed by atoms with Gasteiger partial charge in [-0.3, -0.25) is 9.36 Å². The minimum absolute atomic E-state index is 0.0463. The van der Waals surface area contributed by atoms with Crippen molar-refractivity contribution < 1.29 is 4.79 Å². The second-order valence-corrected chi connectivity index (χ2v) is 7.61. The van der Waals surface area contributed by atoms with E-state index in [9.17, 15) is 9.59 Å². The lowest BCUT2D eigenvalue weighted by atomic mass is 9.92. The summed E-state index contributed by atoms with van der Waals surface area (Å²) in [6, 6.07) is 10.2. The Morgan fingerprint density at radius 2 is 1.89 bits per heavy atom. The summed E-state index contributed by atoms with van der Waals surface area (Å²) in [7, 11) is 1.70. The molecule has 0 aliphatic carbocycles. The predicted octanol–water partition coefficient (Wildman–Crippen LogP) is 2.58. The lowest BCUT2D eigenvalue weighted by Gasteiger charge is -2.32. The summed E-state index contributed by atoms with van der Waals surface area (Å²) in [4.78, 5) is 26.7. The van der Waals surface area contributed by atoms with Crippen molar-refractivity contribution in [3.8, 4) is 0 Å². The Kier molecular flexibility index (Phi) is 6.14. The zero-order chi connectivity index (χ0) is 19.4. The molecule has 6 heteroatoms. The van der Waals surface area contributed by atoms with Crippen LogP contribution in [0.3, 0.4) is 0 Å². The maximum Gasteiger partial charge on any atom is 0.345 e. The number of amides is 1. The third kappa shape index (κ3) is 4.49. The van der Waals surface area contributed by atoms with Gasteiger partial charge < -0.3 is 4.90 Å². The zero-order valence-electron chi connectivity index (χ0n) is 16.6. The molecule has 146 valence electrons. The normalized spacial score (nSPS) is 16.5. The van der Waals surface area contributed by atoms with E-state index in [1.807, 2.05) is 30.0 Å². The fourth-order valence-corrected chi connectivity index (χ4v) is 3.96. The maximum absolute atomic E-state index is 12.7. The van der Waals surface area contributed by atoms with Crippen LogP contribution in [0.25, 0.3) is 0 Å². The summed E-state index contributed by atoms with van der Waals surface area (Å²) in [6.45, 7) is 6.34. The maximum atomic E-state index is 12.7. The molecule has 1 saturated heterocycles. The molecule has 1 aliphatic heterocycles. The van der Waals surface area contributed by atoms with Gasteiger partial charge in [-0.25, -0.2) is 9.48 Å². The van der Waals surface area contributed by atoms with E-state index < -0.39 is 0 Å². The topological polar surface area (TPSA) is 60.1 Å². The second-order valence-electron chi connectivity index (χ2n) is 7.61. The lowest BCUT2D eigenvalue weighted by molar-refractivity contribution is -0.132. The third-order valence-electron chi connectivity index (χ3n) is 5.69. The van der Waals surface area contributed by atoms with Crippen LogP contribution in [0.5, 0.6) is 0 Å². The molecule has 1 atom stereocenters. The molecule has 3 rings (SSSR count). The largest absolute Gasteiger partial charge is 0.345 e. The number of aryl methyl sites for hydroxylation is 1. The number of carbonyl (C=O) groups is 1. The summed E-state index contributed by atoms with van der Waals surface area (Å²) in [6.07, 6.45) is 3.32. The first-order valence-electron chi connectivity index (χ1n) is 9.95. The Bertz CT molecular complexity index is 816. The SMILES string of the molecule is CCn1c(CC2CCN(C(=O)C[C@@H](C)c3ccccc3)CC2)nn(C)c1=O. The fourth-order valence-electron chi connectivity index (χ4n) is 3.96. The highest BCUT2D eigenvalue weighted by Crippen LogP contribution is 2.24. The Morgan fingerprint density at radius 3 is 2.52 bits per heavy atom. The van der Waals surface area contributed by atoms with Crippen LogP contribution >= 0.6 is 0 Å². The van der Waals surface area contributed by atoms with Crippen molar-refractivity contribution in [2.45, 2.75) is 52.0 Å². The average molecular weight is 370 g/mol. The Hall–Kier alpha value is -2.37. The van der Waals surface area contributed by atoms with Gasteiger partial charge in [0.05, 0.1) is 0 Å².